The molecule has 0 bridgehead atoms. The first-order chi connectivity index (χ1) is 12.8. The third-order valence-corrected chi connectivity index (χ3v) is 6.23. The van der Waals surface area contributed by atoms with Gasteiger partial charge in [-0.15, -0.1) is 11.3 Å². The molecule has 0 unspecified atom stereocenters. The lowest BCUT2D eigenvalue weighted by atomic mass is 10.2. The normalized spacial score (nSPS) is 10.7. The molecule has 8 nitrogen and oxygen atoms in total. The fraction of sp³-hybridized carbons (Fsp3) is 0.235. The predicted molar refractivity (Wildman–Crippen MR) is 99.7 cm³/mol. The number of nitriles is 1. The van der Waals surface area contributed by atoms with E-state index in [-0.39, 0.29) is 28.4 Å². The molecule has 0 saturated heterocycles. The molecule has 1 aromatic carbocycles. The van der Waals surface area contributed by atoms with E-state index in [0.717, 1.165) is 11.3 Å². The van der Waals surface area contributed by atoms with Crippen LogP contribution in [-0.4, -0.2) is 45.4 Å². The number of ether oxygens (including phenoxy) is 1. The average Bonchev–Trinajstić information content (AvgIpc) is 3.19. The average molecular weight is 407 g/mol. The standard InChI is InChI=1S/C17H17N3O5S2/c1-20(10-5-9-18)15(21)12-25-17(22)13-6-2-3-7-14(13)19-27(23,24)16-8-4-11-26-16/h2-4,6-8,11,19H,5,10,12H2,1H3. The quantitative estimate of drug-likeness (QED) is 0.670. The number of amides is 1. The number of rotatable bonds is 8. The topological polar surface area (TPSA) is 117 Å². The van der Waals surface area contributed by atoms with Crippen molar-refractivity contribution < 1.29 is 22.7 Å². The van der Waals surface area contributed by atoms with Crippen LogP contribution in [0.25, 0.3) is 0 Å². The largest absolute Gasteiger partial charge is 0.452 e. The number of esters is 1. The molecule has 0 aliphatic heterocycles. The van der Waals surface area contributed by atoms with Gasteiger partial charge in [0.05, 0.1) is 23.7 Å². The van der Waals surface area contributed by atoms with Gasteiger partial charge in [0.15, 0.2) is 6.61 Å². The highest BCUT2D eigenvalue weighted by molar-refractivity contribution is 7.94. The first kappa shape index (κ1) is 20.4. The molecule has 1 aromatic heterocycles. The third-order valence-electron chi connectivity index (χ3n) is 3.46. The Hall–Kier alpha value is -2.90. The van der Waals surface area contributed by atoms with E-state index in [1.54, 1.807) is 23.6 Å². The van der Waals surface area contributed by atoms with Crippen LogP contribution in [0.3, 0.4) is 0 Å². The van der Waals surface area contributed by atoms with Gasteiger partial charge in [0, 0.05) is 13.6 Å². The number of sulfonamides is 1. The van der Waals surface area contributed by atoms with Crippen molar-refractivity contribution in [1.82, 2.24) is 4.90 Å². The SMILES string of the molecule is CN(CCC#N)C(=O)COC(=O)c1ccccc1NS(=O)(=O)c1cccs1. The van der Waals surface area contributed by atoms with E-state index in [4.69, 9.17) is 10.00 Å². The van der Waals surface area contributed by atoms with Gasteiger partial charge in [0.1, 0.15) is 4.21 Å². The summed E-state index contributed by atoms with van der Waals surface area (Å²) in [6.07, 6.45) is 0.170. The number of thiophene rings is 1. The summed E-state index contributed by atoms with van der Waals surface area (Å²) in [5, 5.41) is 10.2. The van der Waals surface area contributed by atoms with Crippen molar-refractivity contribution in [3.8, 4) is 6.07 Å². The highest BCUT2D eigenvalue weighted by atomic mass is 32.2. The first-order valence-electron chi connectivity index (χ1n) is 7.78. The molecular weight excluding hydrogens is 390 g/mol. The van der Waals surface area contributed by atoms with Crippen LogP contribution in [0.5, 0.6) is 0 Å². The smallest absolute Gasteiger partial charge is 0.340 e. The summed E-state index contributed by atoms with van der Waals surface area (Å²) >= 11 is 1.05. The van der Waals surface area contributed by atoms with E-state index in [1.165, 1.54) is 30.1 Å². The summed E-state index contributed by atoms with van der Waals surface area (Å²) < 4.78 is 32.2. The summed E-state index contributed by atoms with van der Waals surface area (Å²) in [6.45, 7) is -0.281. The summed E-state index contributed by atoms with van der Waals surface area (Å²) in [5.41, 5.74) is 0.0475. The van der Waals surface area contributed by atoms with E-state index in [2.05, 4.69) is 4.72 Å². The lowest BCUT2D eigenvalue weighted by Crippen LogP contribution is -2.32. The van der Waals surface area contributed by atoms with E-state index >= 15 is 0 Å². The maximum absolute atomic E-state index is 12.4. The first-order valence-corrected chi connectivity index (χ1v) is 10.1. The Bertz CT molecular complexity index is 949. The predicted octanol–water partition coefficient (Wildman–Crippen LogP) is 2.08. The van der Waals surface area contributed by atoms with Crippen LogP contribution in [0.15, 0.2) is 46.0 Å². The lowest BCUT2D eigenvalue weighted by Gasteiger charge is -2.16. The zero-order valence-electron chi connectivity index (χ0n) is 14.4. The van der Waals surface area contributed by atoms with E-state index in [1.807, 2.05) is 6.07 Å². The van der Waals surface area contributed by atoms with Crippen molar-refractivity contribution in [1.29, 1.82) is 5.26 Å². The number of carbonyl (C=O) groups excluding carboxylic acids is 2. The molecule has 0 aliphatic rings. The number of likely N-dealkylation sites (N-methyl/N-ethyl adjacent to an activating group) is 1. The maximum Gasteiger partial charge on any atom is 0.340 e. The van der Waals surface area contributed by atoms with Gasteiger partial charge in [-0.1, -0.05) is 18.2 Å². The summed E-state index contributed by atoms with van der Waals surface area (Å²) in [6, 6.07) is 10.9. The van der Waals surface area contributed by atoms with Crippen molar-refractivity contribution in [3.63, 3.8) is 0 Å². The van der Waals surface area contributed by atoms with Crippen LogP contribution in [0.1, 0.15) is 16.8 Å². The maximum atomic E-state index is 12.4. The Balaban J connectivity index is 2.08. The number of nitrogens with zero attached hydrogens (tertiary/aromatic N) is 2. The summed E-state index contributed by atoms with van der Waals surface area (Å²) in [4.78, 5) is 25.5. The molecule has 1 N–H and O–H groups in total. The Kier molecular flexibility index (Phi) is 6.92. The minimum atomic E-state index is -3.83. The van der Waals surface area contributed by atoms with Crippen molar-refractivity contribution in [2.24, 2.45) is 0 Å². The van der Waals surface area contributed by atoms with Gasteiger partial charge in [0.25, 0.3) is 15.9 Å². The molecule has 0 fully saturated rings. The van der Waals surface area contributed by atoms with Crippen LogP contribution in [-0.2, 0) is 19.6 Å². The number of carbonyl (C=O) groups is 2. The second-order valence-electron chi connectivity index (χ2n) is 5.38. The number of hydrogen-bond acceptors (Lipinski definition) is 7. The number of anilines is 1. The third kappa shape index (κ3) is 5.54. The highest BCUT2D eigenvalue weighted by Gasteiger charge is 2.21. The van der Waals surface area contributed by atoms with Gasteiger partial charge >= 0.3 is 5.97 Å². The lowest BCUT2D eigenvalue weighted by molar-refractivity contribution is -0.133. The number of hydrogen-bond donors (Lipinski definition) is 1. The van der Waals surface area contributed by atoms with Gasteiger partial charge in [-0.3, -0.25) is 9.52 Å². The van der Waals surface area contributed by atoms with Gasteiger partial charge in [-0.2, -0.15) is 5.26 Å². The molecule has 10 heteroatoms. The Morgan fingerprint density at radius 2 is 2.00 bits per heavy atom. The zero-order valence-corrected chi connectivity index (χ0v) is 16.0. The van der Waals surface area contributed by atoms with Crippen molar-refractivity contribution in [2.75, 3.05) is 24.9 Å². The molecule has 2 rings (SSSR count). The minimum absolute atomic E-state index is 0.00916. The van der Waals surface area contributed by atoms with Gasteiger partial charge in [0.2, 0.25) is 0 Å². The molecule has 0 aliphatic carbocycles. The fourth-order valence-corrected chi connectivity index (χ4v) is 4.09. The van der Waals surface area contributed by atoms with E-state index in [0.29, 0.717) is 0 Å². The van der Waals surface area contributed by atoms with Crippen LogP contribution in [0.2, 0.25) is 0 Å². The van der Waals surface area contributed by atoms with Gasteiger partial charge in [-0.25, -0.2) is 13.2 Å². The number of benzene rings is 1. The van der Waals surface area contributed by atoms with Gasteiger partial charge in [-0.05, 0) is 23.6 Å². The van der Waals surface area contributed by atoms with Crippen LogP contribution >= 0.6 is 11.3 Å². The molecule has 2 aromatic rings. The molecule has 1 amide bonds. The monoisotopic (exact) mass is 407 g/mol. The number of para-hydroxylation sites is 1. The van der Waals surface area contributed by atoms with Crippen LogP contribution in [0, 0.1) is 11.3 Å². The Labute approximate surface area is 161 Å². The molecule has 0 spiro atoms. The van der Waals surface area contributed by atoms with Gasteiger partial charge < -0.3 is 9.64 Å². The molecule has 0 saturated carbocycles. The second kappa shape index (κ2) is 9.16. The Morgan fingerprint density at radius 1 is 1.26 bits per heavy atom. The van der Waals surface area contributed by atoms with Crippen LogP contribution < -0.4 is 4.72 Å². The molecular formula is C17H17N3O5S2. The van der Waals surface area contributed by atoms with E-state index in [9.17, 15) is 18.0 Å². The highest BCUT2D eigenvalue weighted by Crippen LogP contribution is 2.23. The Morgan fingerprint density at radius 3 is 2.67 bits per heavy atom. The van der Waals surface area contributed by atoms with Crippen molar-refractivity contribution in [2.45, 2.75) is 10.6 Å². The number of nitrogens with one attached hydrogen (secondary N) is 1. The second-order valence-corrected chi connectivity index (χ2v) is 8.24. The molecule has 142 valence electrons. The molecule has 0 atom stereocenters. The van der Waals surface area contributed by atoms with Crippen LogP contribution in [0.4, 0.5) is 5.69 Å². The van der Waals surface area contributed by atoms with Crippen molar-refractivity contribution in [3.05, 3.63) is 47.3 Å². The van der Waals surface area contributed by atoms with E-state index < -0.39 is 28.5 Å². The van der Waals surface area contributed by atoms with Crippen molar-refractivity contribution >= 4 is 38.9 Å². The molecule has 0 radical (unpaired) electrons. The molecule has 27 heavy (non-hydrogen) atoms. The fourth-order valence-electron chi connectivity index (χ4n) is 2.02. The zero-order chi connectivity index (χ0) is 19.9. The molecule has 1 heterocycles. The summed E-state index contributed by atoms with van der Waals surface area (Å²) in [5.74, 6) is -1.29. The minimum Gasteiger partial charge on any atom is -0.452 e. The summed E-state index contributed by atoms with van der Waals surface area (Å²) in [7, 11) is -2.33.